The lowest BCUT2D eigenvalue weighted by Crippen LogP contribution is -1.89. The number of aromatic nitrogens is 7. The van der Waals surface area contributed by atoms with Crippen molar-refractivity contribution < 1.29 is 4.39 Å². The summed E-state index contributed by atoms with van der Waals surface area (Å²) in [6, 6.07) is 12.8. The van der Waals surface area contributed by atoms with Gasteiger partial charge in [0.15, 0.2) is 16.6 Å². The second-order valence-corrected chi connectivity index (χ2v) is 7.68. The summed E-state index contributed by atoms with van der Waals surface area (Å²) in [5.41, 5.74) is 5.93. The van der Waals surface area contributed by atoms with Gasteiger partial charge < -0.3 is 4.98 Å². The average Bonchev–Trinajstić information content (AvgIpc) is 3.51. The lowest BCUT2D eigenvalue weighted by Gasteiger charge is -1.99. The number of nitrogens with zero attached hydrogens (tertiary/aromatic N) is 5. The number of aromatic amines is 2. The molecule has 9 heteroatoms. The minimum absolute atomic E-state index is 0.225. The Kier molecular flexibility index (Phi) is 3.68. The second-order valence-electron chi connectivity index (χ2n) is 6.65. The van der Waals surface area contributed by atoms with Crippen molar-refractivity contribution in [2.24, 2.45) is 0 Å². The summed E-state index contributed by atoms with van der Waals surface area (Å²) in [7, 11) is 0. The van der Waals surface area contributed by atoms with Crippen LogP contribution in [0.5, 0.6) is 0 Å². The van der Waals surface area contributed by atoms with Crippen molar-refractivity contribution in [3.8, 4) is 33.3 Å². The number of rotatable bonds is 3. The van der Waals surface area contributed by atoms with Crippen LogP contribution in [0.1, 0.15) is 0 Å². The third kappa shape index (κ3) is 2.67. The van der Waals surface area contributed by atoms with E-state index in [2.05, 4.69) is 25.1 Å². The summed E-state index contributed by atoms with van der Waals surface area (Å²) in [5.74, 6) is 0.588. The maximum atomic E-state index is 13.6. The zero-order chi connectivity index (χ0) is 20.1. The lowest BCUT2D eigenvalue weighted by molar-refractivity contribution is 0.657. The van der Waals surface area contributed by atoms with E-state index < -0.39 is 0 Å². The Balaban J connectivity index is 1.52. The Morgan fingerprint density at radius 1 is 0.867 bits per heavy atom. The third-order valence-electron chi connectivity index (χ3n) is 4.81. The van der Waals surface area contributed by atoms with Crippen LogP contribution in [0.15, 0.2) is 61.1 Å². The van der Waals surface area contributed by atoms with E-state index in [1.54, 1.807) is 24.7 Å². The Bertz CT molecular complexity index is 1520. The van der Waals surface area contributed by atoms with Gasteiger partial charge in [-0.05, 0) is 30.3 Å². The Labute approximate surface area is 172 Å². The van der Waals surface area contributed by atoms with Gasteiger partial charge in [0, 0.05) is 22.8 Å². The Hall–Kier alpha value is -3.98. The predicted octanol–water partition coefficient (Wildman–Crippen LogP) is 4.83. The lowest BCUT2D eigenvalue weighted by atomic mass is 10.1. The molecule has 144 valence electrons. The van der Waals surface area contributed by atoms with Gasteiger partial charge in [0.25, 0.3) is 0 Å². The van der Waals surface area contributed by atoms with Gasteiger partial charge in [0.1, 0.15) is 11.2 Å². The first-order valence-electron chi connectivity index (χ1n) is 9.12. The van der Waals surface area contributed by atoms with Crippen molar-refractivity contribution in [3.63, 3.8) is 0 Å². The predicted molar refractivity (Wildman–Crippen MR) is 113 cm³/mol. The molecule has 0 bridgehead atoms. The summed E-state index contributed by atoms with van der Waals surface area (Å²) in [4.78, 5) is 22.1. The second kappa shape index (κ2) is 6.53. The van der Waals surface area contributed by atoms with E-state index in [-0.39, 0.29) is 5.13 Å². The molecule has 0 radical (unpaired) electrons. The molecule has 5 heterocycles. The minimum atomic E-state index is -0.225. The summed E-state index contributed by atoms with van der Waals surface area (Å²) in [6.07, 6.45) is 4.92. The molecule has 5 aromatic heterocycles. The molecule has 0 aliphatic carbocycles. The topological polar surface area (TPSA) is 96.0 Å². The number of nitrogens with one attached hydrogen (secondary N) is 2. The van der Waals surface area contributed by atoms with Crippen LogP contribution in [0.25, 0.3) is 55.4 Å². The molecule has 1 aromatic carbocycles. The van der Waals surface area contributed by atoms with Gasteiger partial charge in [-0.1, -0.05) is 12.1 Å². The van der Waals surface area contributed by atoms with E-state index in [0.29, 0.717) is 28.4 Å². The van der Waals surface area contributed by atoms with Gasteiger partial charge in [0.05, 0.1) is 28.4 Å². The van der Waals surface area contributed by atoms with Crippen LogP contribution in [-0.2, 0) is 0 Å². The maximum absolute atomic E-state index is 13.6. The highest BCUT2D eigenvalue weighted by Crippen LogP contribution is 2.34. The number of pyridine rings is 1. The van der Waals surface area contributed by atoms with Crippen molar-refractivity contribution in [2.45, 2.75) is 0 Å². The third-order valence-corrected chi connectivity index (χ3v) is 5.72. The van der Waals surface area contributed by atoms with Crippen molar-refractivity contribution in [1.82, 2.24) is 35.1 Å². The van der Waals surface area contributed by atoms with Gasteiger partial charge in [-0.2, -0.15) is 9.49 Å². The number of halogens is 1. The highest BCUT2D eigenvalue weighted by Gasteiger charge is 2.17. The van der Waals surface area contributed by atoms with Crippen molar-refractivity contribution in [3.05, 3.63) is 66.2 Å². The largest absolute Gasteiger partial charge is 0.336 e. The monoisotopic (exact) mass is 413 g/mol. The molecule has 30 heavy (non-hydrogen) atoms. The van der Waals surface area contributed by atoms with E-state index >= 15 is 0 Å². The highest BCUT2D eigenvalue weighted by molar-refractivity contribution is 7.14. The Morgan fingerprint density at radius 3 is 2.67 bits per heavy atom. The van der Waals surface area contributed by atoms with Crippen molar-refractivity contribution in [1.29, 1.82) is 0 Å². The molecule has 2 N–H and O–H groups in total. The molecule has 0 unspecified atom stereocenters. The number of hydrogen-bond acceptors (Lipinski definition) is 6. The average molecular weight is 413 g/mol. The molecular formula is C21H12FN7S. The van der Waals surface area contributed by atoms with Crippen LogP contribution in [-0.4, -0.2) is 35.1 Å². The van der Waals surface area contributed by atoms with Crippen molar-refractivity contribution >= 4 is 33.4 Å². The van der Waals surface area contributed by atoms with Gasteiger partial charge in [0.2, 0.25) is 0 Å². The highest BCUT2D eigenvalue weighted by atomic mass is 32.1. The molecule has 0 aliphatic heterocycles. The van der Waals surface area contributed by atoms with E-state index in [1.807, 2.05) is 30.3 Å². The van der Waals surface area contributed by atoms with Crippen molar-refractivity contribution in [2.75, 3.05) is 0 Å². The standard InChI is InChI=1S/C21H12FN7S/c22-17-7-6-16(30-17)11-2-1-3-13-18(11)27-21(26-13)20-19-14(28-29-20)5-4-12(25-19)15-10-23-8-9-24-15/h1-10H,(H,26,27)(H,28,29). The maximum Gasteiger partial charge on any atom is 0.176 e. The number of imidazole rings is 1. The summed E-state index contributed by atoms with van der Waals surface area (Å²) in [6.45, 7) is 0. The fourth-order valence-electron chi connectivity index (χ4n) is 3.44. The smallest absolute Gasteiger partial charge is 0.176 e. The number of hydrogen-bond donors (Lipinski definition) is 2. The Morgan fingerprint density at radius 2 is 1.83 bits per heavy atom. The summed E-state index contributed by atoms with van der Waals surface area (Å²) in [5, 5.41) is 7.21. The zero-order valence-corrected chi connectivity index (χ0v) is 16.1. The van der Waals surface area contributed by atoms with Crippen LogP contribution >= 0.6 is 11.3 Å². The quantitative estimate of drug-likeness (QED) is 0.433. The zero-order valence-electron chi connectivity index (χ0n) is 15.3. The molecule has 0 spiro atoms. The first-order valence-corrected chi connectivity index (χ1v) is 9.94. The molecule has 0 saturated carbocycles. The fraction of sp³-hybridized carbons (Fsp3) is 0. The first kappa shape index (κ1) is 16.9. The minimum Gasteiger partial charge on any atom is -0.336 e. The molecule has 7 nitrogen and oxygen atoms in total. The molecule has 6 aromatic rings. The normalized spacial score (nSPS) is 11.5. The summed E-state index contributed by atoms with van der Waals surface area (Å²) < 4.78 is 13.6. The van der Waals surface area contributed by atoms with E-state index in [9.17, 15) is 4.39 Å². The van der Waals surface area contributed by atoms with E-state index in [0.717, 1.165) is 38.3 Å². The van der Waals surface area contributed by atoms with Crippen LogP contribution < -0.4 is 0 Å². The van der Waals surface area contributed by atoms with Crippen LogP contribution in [0.4, 0.5) is 4.39 Å². The summed E-state index contributed by atoms with van der Waals surface area (Å²) >= 11 is 1.10. The van der Waals surface area contributed by atoms with Crippen LogP contribution in [0.2, 0.25) is 0 Å². The number of para-hydroxylation sites is 1. The van der Waals surface area contributed by atoms with Crippen LogP contribution in [0, 0.1) is 5.13 Å². The number of benzene rings is 1. The SMILES string of the molecule is Fc1ccc(-c2cccc3[nH]c(-c4n[nH]c5ccc(-c6cnccn6)nc45)nc23)s1. The number of thiophene rings is 1. The molecular weight excluding hydrogens is 401 g/mol. The number of H-pyrrole nitrogens is 2. The molecule has 0 saturated heterocycles. The van der Waals surface area contributed by atoms with Gasteiger partial charge in [-0.25, -0.2) is 9.97 Å². The molecule has 6 rings (SSSR count). The van der Waals surface area contributed by atoms with E-state index in [4.69, 9.17) is 9.97 Å². The molecule has 0 aliphatic rings. The van der Waals surface area contributed by atoms with Crippen LogP contribution in [0.3, 0.4) is 0 Å². The number of fused-ring (bicyclic) bond motifs is 2. The van der Waals surface area contributed by atoms with Gasteiger partial charge in [-0.15, -0.1) is 11.3 Å². The fourth-order valence-corrected chi connectivity index (χ4v) is 4.20. The first-order chi connectivity index (χ1) is 14.8. The van der Waals surface area contributed by atoms with Gasteiger partial charge >= 0.3 is 0 Å². The van der Waals surface area contributed by atoms with E-state index in [1.165, 1.54) is 6.07 Å². The molecule has 0 fully saturated rings. The van der Waals surface area contributed by atoms with Gasteiger partial charge in [-0.3, -0.25) is 15.1 Å². The molecule has 0 atom stereocenters. The molecule has 0 amide bonds.